The number of rotatable bonds is 2. The third kappa shape index (κ3) is 2.31. The van der Waals surface area contributed by atoms with E-state index >= 15 is 0 Å². The summed E-state index contributed by atoms with van der Waals surface area (Å²) < 4.78 is 19.2. The van der Waals surface area contributed by atoms with Gasteiger partial charge in [0, 0.05) is 6.20 Å². The summed E-state index contributed by atoms with van der Waals surface area (Å²) in [5.74, 6) is 1.10. The molecule has 0 aliphatic carbocycles. The monoisotopic (exact) mass is 283 g/mol. The van der Waals surface area contributed by atoms with E-state index in [0.29, 0.717) is 5.69 Å². The quantitative estimate of drug-likeness (QED) is 0.673. The number of nitriles is 1. The molecule has 21 heavy (non-hydrogen) atoms. The maximum Gasteiger partial charge on any atom is 0.357 e. The third-order valence-corrected chi connectivity index (χ3v) is 2.92. The highest BCUT2D eigenvalue weighted by molar-refractivity contribution is 5.96. The van der Waals surface area contributed by atoms with Crippen molar-refractivity contribution in [3.8, 4) is 24.1 Å². The summed E-state index contributed by atoms with van der Waals surface area (Å²) in [5.41, 5.74) is 6.41. The fraction of sp³-hybridized carbons (Fsp3) is 0.0667. The molecule has 0 saturated carbocycles. The SMILES string of the molecule is C#Cc1cc(F)ccc1-n1cc(C#N)c(N)c1C(=O)OC. The molecule has 5 nitrogen and oxygen atoms in total. The molecule has 0 fully saturated rings. The number of benzene rings is 1. The largest absolute Gasteiger partial charge is 0.464 e. The van der Waals surface area contributed by atoms with Gasteiger partial charge in [-0.25, -0.2) is 9.18 Å². The minimum atomic E-state index is -0.721. The summed E-state index contributed by atoms with van der Waals surface area (Å²) in [6, 6.07) is 5.62. The molecule has 0 aliphatic rings. The zero-order valence-electron chi connectivity index (χ0n) is 11.1. The summed E-state index contributed by atoms with van der Waals surface area (Å²) in [5, 5.41) is 9.03. The van der Waals surface area contributed by atoms with Crippen molar-refractivity contribution >= 4 is 11.7 Å². The molecule has 0 radical (unpaired) electrons. The molecule has 6 heteroatoms. The molecule has 0 saturated heterocycles. The normalized spacial score (nSPS) is 9.71. The Morgan fingerprint density at radius 2 is 2.19 bits per heavy atom. The number of methoxy groups -OCH3 is 1. The van der Waals surface area contributed by atoms with Gasteiger partial charge in [0.15, 0.2) is 5.69 Å². The van der Waals surface area contributed by atoms with Gasteiger partial charge in [0.2, 0.25) is 0 Å². The summed E-state index contributed by atoms with van der Waals surface area (Å²) >= 11 is 0. The van der Waals surface area contributed by atoms with E-state index in [1.807, 2.05) is 6.07 Å². The Kier molecular flexibility index (Phi) is 3.64. The molecule has 1 heterocycles. The van der Waals surface area contributed by atoms with Gasteiger partial charge < -0.3 is 15.0 Å². The first-order valence-electron chi connectivity index (χ1n) is 5.79. The van der Waals surface area contributed by atoms with Gasteiger partial charge >= 0.3 is 5.97 Å². The van der Waals surface area contributed by atoms with Crippen molar-refractivity contribution in [2.45, 2.75) is 0 Å². The second-order valence-electron chi connectivity index (χ2n) is 4.08. The molecular formula is C15H10FN3O2. The highest BCUT2D eigenvalue weighted by Gasteiger charge is 2.22. The molecule has 0 bridgehead atoms. The van der Waals surface area contributed by atoms with Crippen LogP contribution in [0.15, 0.2) is 24.4 Å². The number of hydrogen-bond donors (Lipinski definition) is 1. The number of esters is 1. The molecule has 104 valence electrons. The number of nitrogens with two attached hydrogens (primary N) is 1. The lowest BCUT2D eigenvalue weighted by atomic mass is 10.1. The number of ether oxygens (including phenoxy) is 1. The first-order valence-corrected chi connectivity index (χ1v) is 5.79. The van der Waals surface area contributed by atoms with Crippen LogP contribution in [0.4, 0.5) is 10.1 Å². The highest BCUT2D eigenvalue weighted by Crippen LogP contribution is 2.26. The Labute approximate surface area is 120 Å². The van der Waals surface area contributed by atoms with Gasteiger partial charge in [0.25, 0.3) is 0 Å². The number of hydrogen-bond acceptors (Lipinski definition) is 4. The zero-order valence-corrected chi connectivity index (χ0v) is 11.1. The van der Waals surface area contributed by atoms with Crippen molar-refractivity contribution in [2.75, 3.05) is 12.8 Å². The highest BCUT2D eigenvalue weighted by atomic mass is 19.1. The van der Waals surface area contributed by atoms with Gasteiger partial charge in [-0.05, 0) is 18.2 Å². The Bertz CT molecular complexity index is 810. The minimum Gasteiger partial charge on any atom is -0.464 e. The first-order chi connectivity index (χ1) is 10.0. The molecular weight excluding hydrogens is 273 g/mol. The number of anilines is 1. The van der Waals surface area contributed by atoms with Crippen LogP contribution in [0, 0.1) is 29.5 Å². The van der Waals surface area contributed by atoms with Crippen molar-refractivity contribution in [1.29, 1.82) is 5.26 Å². The molecule has 0 amide bonds. The second kappa shape index (κ2) is 5.40. The molecule has 0 unspecified atom stereocenters. The van der Waals surface area contributed by atoms with E-state index < -0.39 is 11.8 Å². The van der Waals surface area contributed by atoms with E-state index in [0.717, 1.165) is 6.07 Å². The molecule has 0 aliphatic heterocycles. The molecule has 2 rings (SSSR count). The lowest BCUT2D eigenvalue weighted by Crippen LogP contribution is -2.12. The van der Waals surface area contributed by atoms with Crippen LogP contribution in [-0.2, 0) is 4.74 Å². The number of nitrogens with zero attached hydrogens (tertiary/aromatic N) is 2. The Morgan fingerprint density at radius 1 is 1.48 bits per heavy atom. The smallest absolute Gasteiger partial charge is 0.357 e. The van der Waals surface area contributed by atoms with Gasteiger partial charge in [-0.15, -0.1) is 6.42 Å². The lowest BCUT2D eigenvalue weighted by molar-refractivity contribution is 0.0593. The maximum absolute atomic E-state index is 13.3. The van der Waals surface area contributed by atoms with Gasteiger partial charge in [-0.3, -0.25) is 0 Å². The van der Waals surface area contributed by atoms with Crippen LogP contribution in [0.2, 0.25) is 0 Å². The Hall–Kier alpha value is -3.25. The van der Waals surface area contributed by atoms with Crippen LogP contribution in [0.3, 0.4) is 0 Å². The Morgan fingerprint density at radius 3 is 2.76 bits per heavy atom. The molecule has 1 aromatic carbocycles. The predicted octanol–water partition coefficient (Wildman–Crippen LogP) is 1.84. The second-order valence-corrected chi connectivity index (χ2v) is 4.08. The maximum atomic E-state index is 13.3. The molecule has 2 N–H and O–H groups in total. The number of carbonyl (C=O) groups is 1. The van der Waals surface area contributed by atoms with Crippen LogP contribution in [-0.4, -0.2) is 17.6 Å². The van der Waals surface area contributed by atoms with Crippen molar-refractivity contribution in [3.63, 3.8) is 0 Å². The number of halogens is 1. The molecule has 0 spiro atoms. The lowest BCUT2D eigenvalue weighted by Gasteiger charge is -2.10. The van der Waals surface area contributed by atoms with Crippen LogP contribution >= 0.6 is 0 Å². The van der Waals surface area contributed by atoms with E-state index in [1.165, 1.54) is 30.0 Å². The zero-order chi connectivity index (χ0) is 15.6. The summed E-state index contributed by atoms with van der Waals surface area (Å²) in [7, 11) is 1.19. The summed E-state index contributed by atoms with van der Waals surface area (Å²) in [6.07, 6.45) is 6.71. The minimum absolute atomic E-state index is 0.0170. The first kappa shape index (κ1) is 14.2. The van der Waals surface area contributed by atoms with Crippen LogP contribution in [0.1, 0.15) is 21.6 Å². The van der Waals surface area contributed by atoms with Crippen molar-refractivity contribution < 1.29 is 13.9 Å². The van der Waals surface area contributed by atoms with E-state index in [9.17, 15) is 9.18 Å². The van der Waals surface area contributed by atoms with Gasteiger partial charge in [0.1, 0.15) is 11.9 Å². The summed E-state index contributed by atoms with van der Waals surface area (Å²) in [6.45, 7) is 0. The van der Waals surface area contributed by atoms with Crippen molar-refractivity contribution in [2.24, 2.45) is 0 Å². The fourth-order valence-electron chi connectivity index (χ4n) is 1.94. The van der Waals surface area contributed by atoms with Crippen molar-refractivity contribution in [3.05, 3.63) is 47.0 Å². The average molecular weight is 283 g/mol. The van der Waals surface area contributed by atoms with Crippen LogP contribution in [0.25, 0.3) is 5.69 Å². The van der Waals surface area contributed by atoms with Gasteiger partial charge in [-0.2, -0.15) is 5.26 Å². The molecule has 2 aromatic rings. The van der Waals surface area contributed by atoms with E-state index in [4.69, 9.17) is 17.4 Å². The van der Waals surface area contributed by atoms with Crippen molar-refractivity contribution in [1.82, 2.24) is 4.57 Å². The van der Waals surface area contributed by atoms with E-state index in [1.54, 1.807) is 0 Å². The topological polar surface area (TPSA) is 81.0 Å². The van der Waals surface area contributed by atoms with Gasteiger partial charge in [0.05, 0.1) is 29.6 Å². The third-order valence-electron chi connectivity index (χ3n) is 2.92. The standard InChI is InChI=1S/C15H10FN3O2/c1-3-9-6-11(16)4-5-12(9)19-8-10(7-17)13(18)14(19)15(20)21-2/h1,4-6,8H,18H2,2H3. The fourth-order valence-corrected chi connectivity index (χ4v) is 1.94. The van der Waals surface area contributed by atoms with Crippen LogP contribution in [0.5, 0.6) is 0 Å². The number of aromatic nitrogens is 1. The van der Waals surface area contributed by atoms with E-state index in [-0.39, 0.29) is 22.5 Å². The molecule has 0 atom stereocenters. The Balaban J connectivity index is 2.79. The number of terminal acetylenes is 1. The molecule has 1 aromatic heterocycles. The van der Waals surface area contributed by atoms with Gasteiger partial charge in [-0.1, -0.05) is 5.92 Å². The number of carbonyl (C=O) groups excluding carboxylic acids is 1. The summed E-state index contributed by atoms with van der Waals surface area (Å²) in [4.78, 5) is 11.9. The predicted molar refractivity (Wildman–Crippen MR) is 74.1 cm³/mol. The average Bonchev–Trinajstić information content (AvgIpc) is 2.82. The van der Waals surface area contributed by atoms with Crippen LogP contribution < -0.4 is 5.73 Å². The van der Waals surface area contributed by atoms with E-state index in [2.05, 4.69) is 10.7 Å². The number of nitrogen functional groups attached to an aromatic ring is 1.